The van der Waals surface area contributed by atoms with Crippen LogP contribution in [0.1, 0.15) is 36.1 Å². The van der Waals surface area contributed by atoms with Gasteiger partial charge in [-0.25, -0.2) is 0 Å². The molecule has 0 saturated heterocycles. The average molecular weight is 301 g/mol. The lowest BCUT2D eigenvalue weighted by atomic mass is 9.93. The molecule has 1 aromatic heterocycles. The van der Waals surface area contributed by atoms with Gasteiger partial charge >= 0.3 is 0 Å². The van der Waals surface area contributed by atoms with Gasteiger partial charge < -0.3 is 5.32 Å². The summed E-state index contributed by atoms with van der Waals surface area (Å²) in [7, 11) is 0. The summed E-state index contributed by atoms with van der Waals surface area (Å²) in [6, 6.07) is 11.3. The first kappa shape index (κ1) is 14.6. The number of aromatic nitrogens is 1. The quantitative estimate of drug-likeness (QED) is 0.895. The maximum absolute atomic E-state index is 6.28. The molecule has 3 rings (SSSR count). The first-order valence-electron chi connectivity index (χ1n) is 7.69. The zero-order chi connectivity index (χ0) is 14.7. The number of rotatable bonds is 5. The van der Waals surface area contributed by atoms with Gasteiger partial charge in [-0.3, -0.25) is 4.98 Å². The standard InChI is InChI=1S/C18H21ClN2/c1-2-8-21-18-15(10-13-5-3-4-6-16(13)18)11-14-7-9-20-12-17(14)19/h3-7,9,12,15,18,21H,2,8,10-11H2,1H3. The molecule has 1 aromatic carbocycles. The van der Waals surface area contributed by atoms with Crippen LogP contribution in [0.5, 0.6) is 0 Å². The highest BCUT2D eigenvalue weighted by Gasteiger charge is 2.31. The molecule has 1 aliphatic carbocycles. The Morgan fingerprint density at radius 3 is 2.95 bits per heavy atom. The molecule has 0 radical (unpaired) electrons. The van der Waals surface area contributed by atoms with Crippen LogP contribution in [0.3, 0.4) is 0 Å². The van der Waals surface area contributed by atoms with Crippen molar-refractivity contribution in [2.75, 3.05) is 6.54 Å². The van der Waals surface area contributed by atoms with Gasteiger partial charge in [0.15, 0.2) is 0 Å². The number of halogens is 1. The smallest absolute Gasteiger partial charge is 0.0621 e. The van der Waals surface area contributed by atoms with E-state index < -0.39 is 0 Å². The Morgan fingerprint density at radius 1 is 1.29 bits per heavy atom. The monoisotopic (exact) mass is 300 g/mol. The van der Waals surface area contributed by atoms with E-state index in [0.717, 1.165) is 30.8 Å². The number of nitrogens with one attached hydrogen (secondary N) is 1. The van der Waals surface area contributed by atoms with Gasteiger partial charge in [0.1, 0.15) is 0 Å². The van der Waals surface area contributed by atoms with E-state index in [9.17, 15) is 0 Å². The number of nitrogens with zero attached hydrogens (tertiary/aromatic N) is 1. The van der Waals surface area contributed by atoms with Crippen LogP contribution in [0.2, 0.25) is 5.02 Å². The second kappa shape index (κ2) is 6.59. The van der Waals surface area contributed by atoms with Crippen molar-refractivity contribution in [3.05, 3.63) is 64.4 Å². The van der Waals surface area contributed by atoms with Crippen molar-refractivity contribution in [1.82, 2.24) is 10.3 Å². The topological polar surface area (TPSA) is 24.9 Å². The third-order valence-corrected chi connectivity index (χ3v) is 4.64. The second-order valence-electron chi connectivity index (χ2n) is 5.77. The first-order valence-corrected chi connectivity index (χ1v) is 8.07. The van der Waals surface area contributed by atoms with Gasteiger partial charge in [0.2, 0.25) is 0 Å². The number of benzene rings is 1. The second-order valence-corrected chi connectivity index (χ2v) is 6.17. The van der Waals surface area contributed by atoms with E-state index >= 15 is 0 Å². The van der Waals surface area contributed by atoms with E-state index in [2.05, 4.69) is 41.5 Å². The lowest BCUT2D eigenvalue weighted by molar-refractivity contribution is 0.387. The molecule has 110 valence electrons. The predicted octanol–water partition coefficient (Wildman–Crippen LogP) is 4.19. The lowest BCUT2D eigenvalue weighted by Gasteiger charge is -2.22. The minimum absolute atomic E-state index is 0.436. The molecule has 3 heteroatoms. The number of hydrogen-bond donors (Lipinski definition) is 1. The summed E-state index contributed by atoms with van der Waals surface area (Å²) in [5.41, 5.74) is 4.13. The maximum Gasteiger partial charge on any atom is 0.0621 e. The number of hydrogen-bond acceptors (Lipinski definition) is 2. The minimum Gasteiger partial charge on any atom is -0.310 e. The van der Waals surface area contributed by atoms with E-state index in [1.165, 1.54) is 16.7 Å². The van der Waals surface area contributed by atoms with Crippen LogP contribution in [0.4, 0.5) is 0 Å². The van der Waals surface area contributed by atoms with Gasteiger partial charge in [-0.1, -0.05) is 42.8 Å². The normalized spacial score (nSPS) is 20.5. The molecule has 1 aliphatic rings. The molecule has 1 N–H and O–H groups in total. The molecular weight excluding hydrogens is 280 g/mol. The lowest BCUT2D eigenvalue weighted by Crippen LogP contribution is -2.27. The maximum atomic E-state index is 6.28. The summed E-state index contributed by atoms with van der Waals surface area (Å²) >= 11 is 6.28. The van der Waals surface area contributed by atoms with Gasteiger partial charge in [-0.15, -0.1) is 0 Å². The summed E-state index contributed by atoms with van der Waals surface area (Å²) in [5.74, 6) is 0.564. The Labute approximate surface area is 131 Å². The van der Waals surface area contributed by atoms with Crippen molar-refractivity contribution in [3.63, 3.8) is 0 Å². The highest BCUT2D eigenvalue weighted by atomic mass is 35.5. The Bertz CT molecular complexity index is 612. The van der Waals surface area contributed by atoms with Crippen LogP contribution >= 0.6 is 11.6 Å². The Balaban J connectivity index is 1.83. The van der Waals surface area contributed by atoms with Gasteiger partial charge in [0, 0.05) is 18.4 Å². The summed E-state index contributed by atoms with van der Waals surface area (Å²) in [4.78, 5) is 4.08. The molecule has 2 unspecified atom stereocenters. The summed E-state index contributed by atoms with van der Waals surface area (Å²) in [6.07, 6.45) is 6.85. The van der Waals surface area contributed by atoms with E-state index in [0.29, 0.717) is 12.0 Å². The predicted molar refractivity (Wildman–Crippen MR) is 87.6 cm³/mol. The van der Waals surface area contributed by atoms with E-state index in [1.54, 1.807) is 6.20 Å². The number of pyridine rings is 1. The van der Waals surface area contributed by atoms with Crippen LogP contribution in [0, 0.1) is 5.92 Å². The SMILES string of the molecule is CCCNC1c2ccccc2CC1Cc1ccncc1Cl. The van der Waals surface area contributed by atoms with E-state index in [-0.39, 0.29) is 0 Å². The van der Waals surface area contributed by atoms with Crippen molar-refractivity contribution in [2.45, 2.75) is 32.2 Å². The molecule has 0 fully saturated rings. The van der Waals surface area contributed by atoms with Crippen molar-refractivity contribution in [2.24, 2.45) is 5.92 Å². The fourth-order valence-electron chi connectivity index (χ4n) is 3.30. The summed E-state index contributed by atoms with van der Waals surface area (Å²) in [6.45, 7) is 3.27. The highest BCUT2D eigenvalue weighted by molar-refractivity contribution is 6.31. The Morgan fingerprint density at radius 2 is 2.14 bits per heavy atom. The minimum atomic E-state index is 0.436. The molecule has 0 bridgehead atoms. The fraction of sp³-hybridized carbons (Fsp3) is 0.389. The molecule has 0 saturated carbocycles. The van der Waals surface area contributed by atoms with E-state index in [4.69, 9.17) is 11.6 Å². The summed E-state index contributed by atoms with van der Waals surface area (Å²) in [5, 5.41) is 4.50. The number of fused-ring (bicyclic) bond motifs is 1. The third kappa shape index (κ3) is 3.12. The van der Waals surface area contributed by atoms with Crippen molar-refractivity contribution in [1.29, 1.82) is 0 Å². The van der Waals surface area contributed by atoms with Crippen molar-refractivity contribution < 1.29 is 0 Å². The third-order valence-electron chi connectivity index (χ3n) is 4.30. The van der Waals surface area contributed by atoms with Crippen molar-refractivity contribution >= 4 is 11.6 Å². The Kier molecular flexibility index (Phi) is 4.57. The molecule has 2 atom stereocenters. The van der Waals surface area contributed by atoms with Crippen molar-refractivity contribution in [3.8, 4) is 0 Å². The zero-order valence-corrected chi connectivity index (χ0v) is 13.1. The van der Waals surface area contributed by atoms with Crippen LogP contribution in [-0.4, -0.2) is 11.5 Å². The molecule has 2 nitrogen and oxygen atoms in total. The van der Waals surface area contributed by atoms with Crippen LogP contribution < -0.4 is 5.32 Å². The molecule has 21 heavy (non-hydrogen) atoms. The summed E-state index contributed by atoms with van der Waals surface area (Å²) < 4.78 is 0. The van der Waals surface area contributed by atoms with Gasteiger partial charge in [0.25, 0.3) is 0 Å². The van der Waals surface area contributed by atoms with Crippen LogP contribution in [-0.2, 0) is 12.8 Å². The molecule has 0 amide bonds. The molecule has 2 aromatic rings. The molecule has 1 heterocycles. The van der Waals surface area contributed by atoms with Crippen LogP contribution in [0.15, 0.2) is 42.7 Å². The highest BCUT2D eigenvalue weighted by Crippen LogP contribution is 2.38. The van der Waals surface area contributed by atoms with Gasteiger partial charge in [-0.2, -0.15) is 0 Å². The Hall–Kier alpha value is -1.38. The fourth-order valence-corrected chi connectivity index (χ4v) is 3.49. The van der Waals surface area contributed by atoms with Gasteiger partial charge in [-0.05, 0) is 54.5 Å². The van der Waals surface area contributed by atoms with Gasteiger partial charge in [0.05, 0.1) is 5.02 Å². The first-order chi connectivity index (χ1) is 10.3. The van der Waals surface area contributed by atoms with E-state index in [1.807, 2.05) is 12.3 Å². The molecule has 0 aliphatic heterocycles. The largest absolute Gasteiger partial charge is 0.310 e. The average Bonchev–Trinajstić information content (AvgIpc) is 2.85. The zero-order valence-electron chi connectivity index (χ0n) is 12.3. The molecular formula is C18H21ClN2. The van der Waals surface area contributed by atoms with Crippen LogP contribution in [0.25, 0.3) is 0 Å². The molecule has 0 spiro atoms.